The summed E-state index contributed by atoms with van der Waals surface area (Å²) in [6.07, 6.45) is 3.86. The van der Waals surface area contributed by atoms with Crippen LogP contribution < -0.4 is 0 Å². The molecule has 1 aromatic rings. The van der Waals surface area contributed by atoms with Gasteiger partial charge >= 0.3 is 0 Å². The Bertz CT molecular complexity index is 600. The Morgan fingerprint density at radius 3 is 2.35 bits per heavy atom. The van der Waals surface area contributed by atoms with Gasteiger partial charge < -0.3 is 0 Å². The summed E-state index contributed by atoms with van der Waals surface area (Å²) < 4.78 is 24.6. The van der Waals surface area contributed by atoms with E-state index in [2.05, 4.69) is 18.7 Å². The summed E-state index contributed by atoms with van der Waals surface area (Å²) >= 11 is 0. The largest absolute Gasteiger partial charge is 0.299 e. The van der Waals surface area contributed by atoms with Crippen molar-refractivity contribution in [2.24, 2.45) is 11.8 Å². The van der Waals surface area contributed by atoms with Crippen molar-refractivity contribution in [3.8, 4) is 0 Å². The molecule has 3 nitrogen and oxygen atoms in total. The first-order chi connectivity index (χ1) is 10.8. The van der Waals surface area contributed by atoms with Gasteiger partial charge in [0.1, 0.15) is 0 Å². The van der Waals surface area contributed by atoms with Crippen LogP contribution in [0, 0.1) is 11.8 Å². The topological polar surface area (TPSA) is 37.4 Å². The Hall–Kier alpha value is -0.870. The highest BCUT2D eigenvalue weighted by Gasteiger charge is 2.22. The molecule has 1 aliphatic heterocycles. The van der Waals surface area contributed by atoms with Crippen molar-refractivity contribution < 1.29 is 8.42 Å². The van der Waals surface area contributed by atoms with Gasteiger partial charge in [0.2, 0.25) is 0 Å². The van der Waals surface area contributed by atoms with E-state index >= 15 is 0 Å². The minimum atomic E-state index is -3.18. The molecule has 0 aliphatic carbocycles. The van der Waals surface area contributed by atoms with Crippen molar-refractivity contribution in [1.29, 1.82) is 0 Å². The first-order valence-corrected chi connectivity index (χ1v) is 10.4. The number of likely N-dealkylation sites (tertiary alicyclic amines) is 1. The number of sulfone groups is 1. The van der Waals surface area contributed by atoms with Crippen molar-refractivity contribution >= 4 is 9.84 Å². The summed E-state index contributed by atoms with van der Waals surface area (Å²) in [7, 11) is -3.18. The monoisotopic (exact) mass is 337 g/mol. The molecule has 0 N–H and O–H groups in total. The van der Waals surface area contributed by atoms with E-state index in [4.69, 9.17) is 0 Å². The molecule has 0 radical (unpaired) electrons. The van der Waals surface area contributed by atoms with Gasteiger partial charge in [-0.25, -0.2) is 8.42 Å². The first-order valence-electron chi connectivity index (χ1n) is 8.84. The third-order valence-electron chi connectivity index (χ3n) is 4.77. The summed E-state index contributed by atoms with van der Waals surface area (Å²) in [5.41, 5.74) is 1.11. The van der Waals surface area contributed by atoms with Gasteiger partial charge in [0.05, 0.1) is 10.1 Å². The second-order valence-corrected chi connectivity index (χ2v) is 10.1. The molecule has 130 valence electrons. The van der Waals surface area contributed by atoms with Crippen LogP contribution in [0.15, 0.2) is 29.2 Å². The predicted molar refractivity (Wildman–Crippen MR) is 96.2 cm³/mol. The van der Waals surface area contributed by atoms with Crippen LogP contribution in [0.5, 0.6) is 0 Å². The fraction of sp³-hybridized carbons (Fsp3) is 0.684. The molecule has 1 aliphatic rings. The van der Waals surface area contributed by atoms with Crippen LogP contribution in [0.25, 0.3) is 0 Å². The molecule has 1 saturated heterocycles. The number of hydrogen-bond acceptors (Lipinski definition) is 3. The maximum Gasteiger partial charge on any atom is 0.180 e. The smallest absolute Gasteiger partial charge is 0.180 e. The zero-order chi connectivity index (χ0) is 17.0. The van der Waals surface area contributed by atoms with Crippen LogP contribution in [-0.2, 0) is 16.4 Å². The average Bonchev–Trinajstić information content (AvgIpc) is 2.49. The number of hydrogen-bond donors (Lipinski definition) is 0. The van der Waals surface area contributed by atoms with Crippen molar-refractivity contribution in [2.75, 3.05) is 13.1 Å². The minimum absolute atomic E-state index is 0.371. The lowest BCUT2D eigenvalue weighted by Crippen LogP contribution is -2.33. The molecule has 0 bridgehead atoms. The van der Waals surface area contributed by atoms with Crippen LogP contribution in [0.1, 0.15) is 52.5 Å². The van der Waals surface area contributed by atoms with E-state index in [9.17, 15) is 8.42 Å². The molecule has 1 fully saturated rings. The lowest BCUT2D eigenvalue weighted by atomic mass is 9.88. The molecule has 0 aromatic heterocycles. The third kappa shape index (κ3) is 5.05. The molecular formula is C19H31NO2S. The lowest BCUT2D eigenvalue weighted by Gasteiger charge is -2.32. The second kappa shape index (κ2) is 7.80. The maximum atomic E-state index is 12.3. The number of nitrogens with zero attached hydrogens (tertiary/aromatic N) is 1. The lowest BCUT2D eigenvalue weighted by molar-refractivity contribution is 0.164. The highest BCUT2D eigenvalue weighted by atomic mass is 32.2. The van der Waals surface area contributed by atoms with Gasteiger partial charge in [0.25, 0.3) is 0 Å². The number of benzene rings is 1. The van der Waals surface area contributed by atoms with Crippen molar-refractivity contribution in [2.45, 2.75) is 63.6 Å². The van der Waals surface area contributed by atoms with Crippen LogP contribution in [-0.4, -0.2) is 31.7 Å². The van der Waals surface area contributed by atoms with E-state index in [1.165, 1.54) is 19.3 Å². The van der Waals surface area contributed by atoms with Gasteiger partial charge in [0, 0.05) is 6.54 Å². The number of rotatable bonds is 6. The summed E-state index contributed by atoms with van der Waals surface area (Å²) in [6.45, 7) is 11.2. The molecule has 0 spiro atoms. The normalized spacial score (nSPS) is 18.0. The van der Waals surface area contributed by atoms with Crippen LogP contribution >= 0.6 is 0 Å². The molecule has 23 heavy (non-hydrogen) atoms. The summed E-state index contributed by atoms with van der Waals surface area (Å²) in [5, 5.41) is -0.371. The minimum Gasteiger partial charge on any atom is -0.299 e. The highest BCUT2D eigenvalue weighted by Crippen LogP contribution is 2.25. The molecule has 0 unspecified atom stereocenters. The molecule has 0 amide bonds. The van der Waals surface area contributed by atoms with E-state index < -0.39 is 9.84 Å². The Morgan fingerprint density at radius 2 is 1.78 bits per heavy atom. The predicted octanol–water partition coefficient (Wildman–Crippen LogP) is 4.13. The van der Waals surface area contributed by atoms with Gasteiger partial charge in [-0.3, -0.25) is 4.90 Å². The molecule has 0 saturated carbocycles. The van der Waals surface area contributed by atoms with E-state index in [0.717, 1.165) is 37.0 Å². The summed E-state index contributed by atoms with van der Waals surface area (Å²) in [4.78, 5) is 2.91. The summed E-state index contributed by atoms with van der Waals surface area (Å²) in [5.74, 6) is 1.64. The van der Waals surface area contributed by atoms with Crippen molar-refractivity contribution in [1.82, 2.24) is 4.90 Å². The standard InChI is InChI=1S/C19H31NO2S/c1-15(2)12-17-8-10-20(11-9-17)14-18-6-5-7-19(13-18)23(21,22)16(3)4/h5-7,13,15-17H,8-12,14H2,1-4H3. The fourth-order valence-corrected chi connectivity index (χ4v) is 4.53. The van der Waals surface area contributed by atoms with E-state index in [1.807, 2.05) is 18.2 Å². The second-order valence-electron chi connectivity index (χ2n) is 7.59. The van der Waals surface area contributed by atoms with E-state index in [0.29, 0.717) is 4.90 Å². The molecule has 0 atom stereocenters. The van der Waals surface area contributed by atoms with Crippen molar-refractivity contribution in [3.63, 3.8) is 0 Å². The average molecular weight is 338 g/mol. The Morgan fingerprint density at radius 1 is 1.13 bits per heavy atom. The first kappa shape index (κ1) is 18.5. The Balaban J connectivity index is 1.97. The van der Waals surface area contributed by atoms with Gasteiger partial charge in [0.15, 0.2) is 9.84 Å². The van der Waals surface area contributed by atoms with Gasteiger partial charge in [-0.1, -0.05) is 26.0 Å². The molecule has 2 rings (SSSR count). The zero-order valence-electron chi connectivity index (χ0n) is 15.0. The van der Waals surface area contributed by atoms with Gasteiger partial charge in [-0.05, 0) is 75.7 Å². The van der Waals surface area contributed by atoms with E-state index in [1.54, 1.807) is 19.9 Å². The number of piperidine rings is 1. The van der Waals surface area contributed by atoms with Crippen LogP contribution in [0.2, 0.25) is 0 Å². The highest BCUT2D eigenvalue weighted by molar-refractivity contribution is 7.92. The quantitative estimate of drug-likeness (QED) is 0.783. The fourth-order valence-electron chi connectivity index (χ4n) is 3.40. The van der Waals surface area contributed by atoms with Gasteiger partial charge in [-0.15, -0.1) is 0 Å². The molecule has 4 heteroatoms. The van der Waals surface area contributed by atoms with Crippen LogP contribution in [0.3, 0.4) is 0 Å². The zero-order valence-corrected chi connectivity index (χ0v) is 15.8. The molecule has 1 heterocycles. The Kier molecular flexibility index (Phi) is 6.26. The SMILES string of the molecule is CC(C)CC1CCN(Cc2cccc(S(=O)(=O)C(C)C)c2)CC1. The third-order valence-corrected chi connectivity index (χ3v) is 6.92. The van der Waals surface area contributed by atoms with Crippen LogP contribution in [0.4, 0.5) is 0 Å². The Labute approximate surface area is 142 Å². The van der Waals surface area contributed by atoms with E-state index in [-0.39, 0.29) is 5.25 Å². The van der Waals surface area contributed by atoms with Gasteiger partial charge in [-0.2, -0.15) is 0 Å². The summed E-state index contributed by atoms with van der Waals surface area (Å²) in [6, 6.07) is 7.49. The molecule has 1 aromatic carbocycles. The maximum absolute atomic E-state index is 12.3. The van der Waals surface area contributed by atoms with Crippen molar-refractivity contribution in [3.05, 3.63) is 29.8 Å². The molecular weight excluding hydrogens is 306 g/mol.